The largest absolute Gasteiger partial charge is 0.493 e. The van der Waals surface area contributed by atoms with Gasteiger partial charge in [-0.15, -0.1) is 0 Å². The number of carbonyl (C=O) groups is 1. The Bertz CT molecular complexity index is 514. The lowest BCUT2D eigenvalue weighted by atomic mass is 10.2. The van der Waals surface area contributed by atoms with E-state index in [1.807, 2.05) is 6.07 Å². The van der Waals surface area contributed by atoms with Crippen molar-refractivity contribution in [3.63, 3.8) is 0 Å². The fourth-order valence-electron chi connectivity index (χ4n) is 1.45. The van der Waals surface area contributed by atoms with Crippen LogP contribution < -0.4 is 14.8 Å². The lowest BCUT2D eigenvalue weighted by Crippen LogP contribution is -2.29. The molecule has 0 spiro atoms. The second-order valence-corrected chi connectivity index (χ2v) is 4.67. The zero-order chi connectivity index (χ0) is 15.0. The molecule has 0 aliphatic carbocycles. The number of methoxy groups -OCH3 is 1. The van der Waals surface area contributed by atoms with Gasteiger partial charge in [-0.2, -0.15) is 5.26 Å². The third-order valence-electron chi connectivity index (χ3n) is 2.38. The van der Waals surface area contributed by atoms with Crippen LogP contribution in [0.4, 0.5) is 0 Å². The summed E-state index contributed by atoms with van der Waals surface area (Å²) < 4.78 is 11.1. The van der Waals surface area contributed by atoms with Crippen LogP contribution in [-0.2, 0) is 11.4 Å². The van der Waals surface area contributed by atoms with E-state index in [0.717, 1.165) is 0 Å². The van der Waals surface area contributed by atoms with E-state index in [0.29, 0.717) is 28.1 Å². The second-order valence-electron chi connectivity index (χ2n) is 3.81. The van der Waals surface area contributed by atoms with E-state index >= 15 is 0 Å². The Labute approximate surface area is 125 Å². The van der Waals surface area contributed by atoms with E-state index in [9.17, 15) is 4.79 Å². The summed E-state index contributed by atoms with van der Waals surface area (Å²) in [6.07, 6.45) is 0.254. The van der Waals surface area contributed by atoms with Crippen LogP contribution in [0.15, 0.2) is 16.6 Å². The van der Waals surface area contributed by atoms with E-state index in [4.69, 9.17) is 19.8 Å². The molecular weight excluding hydrogens is 328 g/mol. The minimum absolute atomic E-state index is 0.121. The molecule has 1 aromatic carbocycles. The summed E-state index contributed by atoms with van der Waals surface area (Å²) in [4.78, 5) is 11.5. The summed E-state index contributed by atoms with van der Waals surface area (Å²) in [6, 6.07) is 5.25. The van der Waals surface area contributed by atoms with Gasteiger partial charge in [0.05, 0.1) is 30.7 Å². The molecule has 1 aromatic rings. The SMILES string of the molecule is COc1cc(CO)cc(Br)c1OCC(=O)NCCC#N. The van der Waals surface area contributed by atoms with Crippen molar-refractivity contribution in [3.05, 3.63) is 22.2 Å². The van der Waals surface area contributed by atoms with Crippen LogP contribution in [0.5, 0.6) is 11.5 Å². The van der Waals surface area contributed by atoms with Crippen LogP contribution in [-0.4, -0.2) is 31.3 Å². The number of nitriles is 1. The van der Waals surface area contributed by atoms with Gasteiger partial charge >= 0.3 is 0 Å². The number of nitrogens with zero attached hydrogens (tertiary/aromatic N) is 1. The predicted octanol–water partition coefficient (Wildman–Crippen LogP) is 1.36. The maximum Gasteiger partial charge on any atom is 0.257 e. The summed E-state index contributed by atoms with van der Waals surface area (Å²) in [5.74, 6) is 0.494. The van der Waals surface area contributed by atoms with Crippen LogP contribution in [0.2, 0.25) is 0 Å². The zero-order valence-corrected chi connectivity index (χ0v) is 12.6. The molecule has 108 valence electrons. The number of hydrogen-bond donors (Lipinski definition) is 2. The molecule has 1 rings (SSSR count). The highest BCUT2D eigenvalue weighted by Gasteiger charge is 2.13. The van der Waals surface area contributed by atoms with Gasteiger partial charge in [-0.25, -0.2) is 0 Å². The van der Waals surface area contributed by atoms with Gasteiger partial charge in [-0.3, -0.25) is 4.79 Å². The molecule has 0 radical (unpaired) electrons. The maximum atomic E-state index is 11.5. The Balaban J connectivity index is 2.68. The van der Waals surface area contributed by atoms with E-state index in [-0.39, 0.29) is 25.5 Å². The van der Waals surface area contributed by atoms with Gasteiger partial charge < -0.3 is 19.9 Å². The molecule has 7 heteroatoms. The Morgan fingerprint density at radius 2 is 2.30 bits per heavy atom. The van der Waals surface area contributed by atoms with Gasteiger partial charge in [0, 0.05) is 6.54 Å². The van der Waals surface area contributed by atoms with Gasteiger partial charge in [0.15, 0.2) is 18.1 Å². The highest BCUT2D eigenvalue weighted by atomic mass is 79.9. The maximum absolute atomic E-state index is 11.5. The number of amides is 1. The standard InChI is InChI=1S/C13H15BrN2O4/c1-19-11-6-9(7-17)5-10(14)13(11)20-8-12(18)16-4-2-3-15/h5-6,17H,2,4,7-8H2,1H3,(H,16,18). The lowest BCUT2D eigenvalue weighted by molar-refractivity contribution is -0.123. The number of aliphatic hydroxyl groups excluding tert-OH is 1. The van der Waals surface area contributed by atoms with Crippen LogP contribution >= 0.6 is 15.9 Å². The molecule has 1 amide bonds. The molecule has 0 saturated heterocycles. The third-order valence-corrected chi connectivity index (χ3v) is 2.97. The number of hydrogen-bond acceptors (Lipinski definition) is 5. The fraction of sp³-hybridized carbons (Fsp3) is 0.385. The minimum Gasteiger partial charge on any atom is -0.493 e. The van der Waals surface area contributed by atoms with Gasteiger partial charge in [-0.05, 0) is 33.6 Å². The smallest absolute Gasteiger partial charge is 0.257 e. The van der Waals surface area contributed by atoms with E-state index in [1.165, 1.54) is 7.11 Å². The van der Waals surface area contributed by atoms with Crippen molar-refractivity contribution in [3.8, 4) is 17.6 Å². The molecule has 0 atom stereocenters. The van der Waals surface area contributed by atoms with Crippen molar-refractivity contribution in [1.82, 2.24) is 5.32 Å². The molecule has 0 unspecified atom stereocenters. The topological polar surface area (TPSA) is 91.6 Å². The van der Waals surface area contributed by atoms with Crippen molar-refractivity contribution >= 4 is 21.8 Å². The number of carbonyl (C=O) groups excluding carboxylic acids is 1. The first kappa shape index (κ1) is 16.3. The Morgan fingerprint density at radius 1 is 1.55 bits per heavy atom. The van der Waals surface area contributed by atoms with E-state index in [1.54, 1.807) is 12.1 Å². The van der Waals surface area contributed by atoms with Crippen LogP contribution in [0.1, 0.15) is 12.0 Å². The van der Waals surface area contributed by atoms with Crippen molar-refractivity contribution in [2.45, 2.75) is 13.0 Å². The second kappa shape index (κ2) is 8.40. The summed E-state index contributed by atoms with van der Waals surface area (Å²) in [7, 11) is 1.47. The van der Waals surface area contributed by atoms with Crippen molar-refractivity contribution in [1.29, 1.82) is 5.26 Å². The Hall–Kier alpha value is -1.78. The highest BCUT2D eigenvalue weighted by Crippen LogP contribution is 2.36. The lowest BCUT2D eigenvalue weighted by Gasteiger charge is -2.13. The molecule has 0 aliphatic heterocycles. The molecule has 2 N–H and O–H groups in total. The average Bonchev–Trinajstić information content (AvgIpc) is 2.45. The summed E-state index contributed by atoms with van der Waals surface area (Å²) in [5, 5.41) is 20.0. The Morgan fingerprint density at radius 3 is 2.90 bits per heavy atom. The zero-order valence-electron chi connectivity index (χ0n) is 11.0. The minimum atomic E-state index is -0.319. The van der Waals surface area contributed by atoms with Gasteiger partial charge in [0.1, 0.15) is 0 Å². The van der Waals surface area contributed by atoms with Gasteiger partial charge in [0.25, 0.3) is 5.91 Å². The average molecular weight is 343 g/mol. The molecule has 20 heavy (non-hydrogen) atoms. The van der Waals surface area contributed by atoms with Crippen molar-refractivity contribution < 1.29 is 19.4 Å². The third kappa shape index (κ3) is 4.72. The normalized spacial score (nSPS) is 9.70. The Kier molecular flexibility index (Phi) is 6.84. The predicted molar refractivity (Wildman–Crippen MR) is 75.4 cm³/mol. The molecule has 0 aliphatic rings. The summed E-state index contributed by atoms with van der Waals surface area (Å²) >= 11 is 3.30. The van der Waals surface area contributed by atoms with Gasteiger partial charge in [-0.1, -0.05) is 0 Å². The molecule has 0 aromatic heterocycles. The molecule has 0 saturated carbocycles. The molecule has 0 heterocycles. The summed E-state index contributed by atoms with van der Waals surface area (Å²) in [6.45, 7) is -0.0107. The van der Waals surface area contributed by atoms with Crippen LogP contribution in [0.25, 0.3) is 0 Å². The molecule has 0 bridgehead atoms. The first-order valence-corrected chi connectivity index (χ1v) is 6.65. The number of aliphatic hydroxyl groups is 1. The van der Waals surface area contributed by atoms with Crippen LogP contribution in [0.3, 0.4) is 0 Å². The number of nitrogens with one attached hydrogen (secondary N) is 1. The van der Waals surface area contributed by atoms with E-state index in [2.05, 4.69) is 21.2 Å². The number of rotatable bonds is 7. The highest BCUT2D eigenvalue weighted by molar-refractivity contribution is 9.10. The number of benzene rings is 1. The first-order chi connectivity index (χ1) is 9.62. The van der Waals surface area contributed by atoms with E-state index < -0.39 is 0 Å². The van der Waals surface area contributed by atoms with Crippen molar-refractivity contribution in [2.75, 3.05) is 20.3 Å². The van der Waals surface area contributed by atoms with Gasteiger partial charge in [0.2, 0.25) is 0 Å². The molecule has 0 fully saturated rings. The fourth-order valence-corrected chi connectivity index (χ4v) is 2.06. The number of halogens is 1. The number of ether oxygens (including phenoxy) is 2. The first-order valence-electron chi connectivity index (χ1n) is 5.86. The monoisotopic (exact) mass is 342 g/mol. The quantitative estimate of drug-likeness (QED) is 0.730. The molecular formula is C13H15BrN2O4. The summed E-state index contributed by atoms with van der Waals surface area (Å²) in [5.41, 5.74) is 0.666. The van der Waals surface area contributed by atoms with Crippen LogP contribution in [0, 0.1) is 11.3 Å². The molecule has 6 nitrogen and oxygen atoms in total. The van der Waals surface area contributed by atoms with Crippen molar-refractivity contribution in [2.24, 2.45) is 0 Å².